The summed E-state index contributed by atoms with van der Waals surface area (Å²) in [6.45, 7) is 4.14. The molecule has 4 heteroatoms. The van der Waals surface area contributed by atoms with Gasteiger partial charge in [-0.3, -0.25) is 0 Å². The van der Waals surface area contributed by atoms with Crippen molar-refractivity contribution in [1.82, 2.24) is 9.97 Å². The molecule has 17 heavy (non-hydrogen) atoms. The first kappa shape index (κ1) is 12.1. The van der Waals surface area contributed by atoms with Crippen molar-refractivity contribution in [3.8, 4) is 0 Å². The van der Waals surface area contributed by atoms with Gasteiger partial charge in [-0.2, -0.15) is 0 Å². The van der Waals surface area contributed by atoms with Gasteiger partial charge in [0.15, 0.2) is 0 Å². The van der Waals surface area contributed by atoms with Gasteiger partial charge in [0.2, 0.25) is 5.95 Å². The standard InChI is InChI=1S/C13H16ClN3/c1-13(2,9-14)17(3)12-15-8-10-6-4-5-7-11(10)16-12/h4-8H,9H2,1-3H3. The molecule has 0 bridgehead atoms. The maximum atomic E-state index is 5.96. The number of nitrogens with zero attached hydrogens (tertiary/aromatic N) is 3. The summed E-state index contributed by atoms with van der Waals surface area (Å²) in [5.74, 6) is 1.23. The fourth-order valence-corrected chi connectivity index (χ4v) is 1.66. The molecule has 0 atom stereocenters. The highest BCUT2D eigenvalue weighted by Gasteiger charge is 2.24. The second-order valence-electron chi connectivity index (χ2n) is 4.73. The predicted octanol–water partition coefficient (Wildman–Crippen LogP) is 3.08. The van der Waals surface area contributed by atoms with Crippen LogP contribution in [0.15, 0.2) is 30.5 Å². The third-order valence-electron chi connectivity index (χ3n) is 3.01. The van der Waals surface area contributed by atoms with E-state index in [1.165, 1.54) is 0 Å². The molecule has 0 aliphatic carbocycles. The van der Waals surface area contributed by atoms with E-state index < -0.39 is 0 Å². The van der Waals surface area contributed by atoms with Gasteiger partial charge in [0, 0.05) is 24.5 Å². The molecule has 0 aliphatic heterocycles. The van der Waals surface area contributed by atoms with Gasteiger partial charge in [-0.05, 0) is 19.9 Å². The summed E-state index contributed by atoms with van der Waals surface area (Å²) in [5, 5.41) is 1.05. The highest BCUT2D eigenvalue weighted by molar-refractivity contribution is 6.18. The number of halogens is 1. The van der Waals surface area contributed by atoms with Gasteiger partial charge in [-0.25, -0.2) is 9.97 Å². The van der Waals surface area contributed by atoms with Crippen LogP contribution in [0.3, 0.4) is 0 Å². The van der Waals surface area contributed by atoms with Crippen molar-refractivity contribution < 1.29 is 0 Å². The summed E-state index contributed by atoms with van der Waals surface area (Å²) < 4.78 is 0. The molecule has 2 rings (SSSR count). The Morgan fingerprint density at radius 1 is 1.29 bits per heavy atom. The zero-order valence-corrected chi connectivity index (χ0v) is 11.1. The molecule has 0 fully saturated rings. The smallest absolute Gasteiger partial charge is 0.226 e. The molecule has 1 aromatic carbocycles. The molecule has 0 amide bonds. The quantitative estimate of drug-likeness (QED) is 0.783. The van der Waals surface area contributed by atoms with E-state index in [9.17, 15) is 0 Å². The second kappa shape index (κ2) is 4.49. The molecular weight excluding hydrogens is 234 g/mol. The number of benzene rings is 1. The van der Waals surface area contributed by atoms with Crippen molar-refractivity contribution in [2.75, 3.05) is 17.8 Å². The molecule has 0 saturated carbocycles. The zero-order chi connectivity index (χ0) is 12.5. The maximum Gasteiger partial charge on any atom is 0.226 e. The van der Waals surface area contributed by atoms with Crippen LogP contribution in [-0.2, 0) is 0 Å². The number of rotatable bonds is 3. The monoisotopic (exact) mass is 249 g/mol. The first-order chi connectivity index (χ1) is 8.04. The Balaban J connectivity index is 2.43. The summed E-state index contributed by atoms with van der Waals surface area (Å²) in [6.07, 6.45) is 1.85. The lowest BCUT2D eigenvalue weighted by Crippen LogP contribution is -2.43. The maximum absolute atomic E-state index is 5.96. The molecule has 0 unspecified atom stereocenters. The van der Waals surface area contributed by atoms with Crippen molar-refractivity contribution in [3.05, 3.63) is 30.5 Å². The number of alkyl halides is 1. The lowest BCUT2D eigenvalue weighted by Gasteiger charge is -2.33. The Labute approximate surface area is 106 Å². The summed E-state index contributed by atoms with van der Waals surface area (Å²) in [5.41, 5.74) is 0.791. The van der Waals surface area contributed by atoms with E-state index in [4.69, 9.17) is 11.6 Å². The minimum atomic E-state index is -0.163. The van der Waals surface area contributed by atoms with Crippen molar-refractivity contribution in [2.45, 2.75) is 19.4 Å². The molecule has 0 spiro atoms. The van der Waals surface area contributed by atoms with E-state index in [0.29, 0.717) is 11.8 Å². The van der Waals surface area contributed by atoms with Crippen LogP contribution in [-0.4, -0.2) is 28.4 Å². The number of fused-ring (bicyclic) bond motifs is 1. The molecule has 1 aromatic heterocycles. The van der Waals surface area contributed by atoms with Crippen LogP contribution in [0.4, 0.5) is 5.95 Å². The largest absolute Gasteiger partial charge is 0.338 e. The van der Waals surface area contributed by atoms with Crippen molar-refractivity contribution in [2.24, 2.45) is 0 Å². The van der Waals surface area contributed by atoms with Gasteiger partial charge in [0.25, 0.3) is 0 Å². The zero-order valence-electron chi connectivity index (χ0n) is 10.3. The SMILES string of the molecule is CN(c1ncc2ccccc2n1)C(C)(C)CCl. The molecule has 0 N–H and O–H groups in total. The van der Waals surface area contributed by atoms with E-state index in [1.54, 1.807) is 0 Å². The molecule has 1 heterocycles. The normalized spacial score (nSPS) is 11.8. The molecule has 0 saturated heterocycles. The number of hydrogen-bond donors (Lipinski definition) is 0. The van der Waals surface area contributed by atoms with Crippen LogP contribution in [0.5, 0.6) is 0 Å². The van der Waals surface area contributed by atoms with Gasteiger partial charge in [-0.1, -0.05) is 18.2 Å². The van der Waals surface area contributed by atoms with Crippen LogP contribution < -0.4 is 4.90 Å². The van der Waals surface area contributed by atoms with Crippen molar-refractivity contribution in [3.63, 3.8) is 0 Å². The van der Waals surface area contributed by atoms with E-state index >= 15 is 0 Å². The van der Waals surface area contributed by atoms with Crippen molar-refractivity contribution >= 4 is 28.5 Å². The average molecular weight is 250 g/mol. The summed E-state index contributed by atoms with van der Waals surface area (Å²) in [4.78, 5) is 10.9. The molecule has 2 aromatic rings. The van der Waals surface area contributed by atoms with Gasteiger partial charge < -0.3 is 4.90 Å². The van der Waals surface area contributed by atoms with E-state index in [1.807, 2.05) is 42.4 Å². The summed E-state index contributed by atoms with van der Waals surface area (Å²) >= 11 is 5.96. The van der Waals surface area contributed by atoms with Crippen LogP contribution in [0.1, 0.15) is 13.8 Å². The number of hydrogen-bond acceptors (Lipinski definition) is 3. The number of aromatic nitrogens is 2. The average Bonchev–Trinajstić information content (AvgIpc) is 2.37. The molecule has 3 nitrogen and oxygen atoms in total. The van der Waals surface area contributed by atoms with E-state index in [2.05, 4.69) is 23.8 Å². The highest BCUT2D eigenvalue weighted by atomic mass is 35.5. The van der Waals surface area contributed by atoms with Crippen LogP contribution in [0, 0.1) is 0 Å². The van der Waals surface area contributed by atoms with Crippen LogP contribution in [0.2, 0.25) is 0 Å². The van der Waals surface area contributed by atoms with Crippen LogP contribution in [0.25, 0.3) is 10.9 Å². The van der Waals surface area contributed by atoms with E-state index in [-0.39, 0.29) is 5.54 Å². The Morgan fingerprint density at radius 2 is 2.00 bits per heavy atom. The Kier molecular flexibility index (Phi) is 3.20. The summed E-state index contributed by atoms with van der Waals surface area (Å²) in [6, 6.07) is 7.96. The third-order valence-corrected chi connectivity index (χ3v) is 3.67. The lowest BCUT2D eigenvalue weighted by molar-refractivity contribution is 0.535. The second-order valence-corrected chi connectivity index (χ2v) is 5.00. The summed E-state index contributed by atoms with van der Waals surface area (Å²) in [7, 11) is 1.96. The topological polar surface area (TPSA) is 29.0 Å². The minimum absolute atomic E-state index is 0.163. The number of para-hydroxylation sites is 1. The fraction of sp³-hybridized carbons (Fsp3) is 0.385. The molecule has 90 valence electrons. The first-order valence-corrected chi connectivity index (χ1v) is 6.09. The van der Waals surface area contributed by atoms with Gasteiger partial charge in [0.1, 0.15) is 0 Å². The lowest BCUT2D eigenvalue weighted by atomic mass is 10.1. The first-order valence-electron chi connectivity index (χ1n) is 5.56. The molecule has 0 aliphatic rings. The number of anilines is 1. The van der Waals surface area contributed by atoms with Gasteiger partial charge in [0.05, 0.1) is 11.1 Å². The Bertz CT molecular complexity index is 525. The fourth-order valence-electron chi connectivity index (χ4n) is 1.48. The van der Waals surface area contributed by atoms with Gasteiger partial charge >= 0.3 is 0 Å². The Hall–Kier alpha value is -1.35. The van der Waals surface area contributed by atoms with Gasteiger partial charge in [-0.15, -0.1) is 11.6 Å². The molecular formula is C13H16ClN3. The highest BCUT2D eigenvalue weighted by Crippen LogP contribution is 2.21. The third kappa shape index (κ3) is 2.34. The van der Waals surface area contributed by atoms with E-state index in [0.717, 1.165) is 10.9 Å². The molecule has 0 radical (unpaired) electrons. The van der Waals surface area contributed by atoms with Crippen molar-refractivity contribution in [1.29, 1.82) is 0 Å². The minimum Gasteiger partial charge on any atom is -0.338 e. The Morgan fingerprint density at radius 3 is 2.71 bits per heavy atom. The van der Waals surface area contributed by atoms with Crippen LogP contribution >= 0.6 is 11.6 Å². The predicted molar refractivity (Wildman–Crippen MR) is 72.7 cm³/mol.